The van der Waals surface area contributed by atoms with Crippen molar-refractivity contribution in [2.24, 2.45) is 0 Å². The van der Waals surface area contributed by atoms with Gasteiger partial charge in [-0.2, -0.15) is 11.8 Å². The maximum absolute atomic E-state index is 13.2. The predicted octanol–water partition coefficient (Wildman–Crippen LogP) is 3.36. The van der Waals surface area contributed by atoms with E-state index in [1.807, 2.05) is 17.8 Å². The van der Waals surface area contributed by atoms with Gasteiger partial charge in [0.15, 0.2) is 0 Å². The van der Waals surface area contributed by atoms with Crippen LogP contribution in [0, 0.1) is 5.82 Å². The van der Waals surface area contributed by atoms with E-state index in [1.165, 1.54) is 12.1 Å². The highest BCUT2D eigenvalue weighted by atomic mass is 32.2. The molecule has 0 bridgehead atoms. The van der Waals surface area contributed by atoms with Gasteiger partial charge in [-0.25, -0.2) is 4.39 Å². The number of rotatable bonds is 6. The summed E-state index contributed by atoms with van der Waals surface area (Å²) in [6.07, 6.45) is 5.09. The average Bonchev–Trinajstić information content (AvgIpc) is 3.31. The molecule has 1 saturated carbocycles. The van der Waals surface area contributed by atoms with Gasteiger partial charge in [0.2, 0.25) is 5.91 Å². The first-order valence-corrected chi connectivity index (χ1v) is 10.2. The largest absolute Gasteiger partial charge is 0.472 e. The number of furan rings is 1. The maximum Gasteiger partial charge on any atom is 0.230 e. The molecule has 0 unspecified atom stereocenters. The Morgan fingerprint density at radius 2 is 1.96 bits per heavy atom. The van der Waals surface area contributed by atoms with Gasteiger partial charge in [0, 0.05) is 36.7 Å². The van der Waals surface area contributed by atoms with Crippen molar-refractivity contribution < 1.29 is 13.6 Å². The highest BCUT2D eigenvalue weighted by molar-refractivity contribution is 7.99. The molecule has 1 N–H and O–H groups in total. The van der Waals surface area contributed by atoms with Crippen LogP contribution in [0.4, 0.5) is 4.39 Å². The molecule has 1 aromatic carbocycles. The van der Waals surface area contributed by atoms with E-state index in [2.05, 4.69) is 10.2 Å². The quantitative estimate of drug-likeness (QED) is 0.842. The van der Waals surface area contributed by atoms with Crippen molar-refractivity contribution in [2.75, 3.05) is 31.1 Å². The fourth-order valence-corrected chi connectivity index (χ4v) is 4.64. The molecule has 1 aliphatic carbocycles. The summed E-state index contributed by atoms with van der Waals surface area (Å²) in [5, 5.41) is 3.16. The number of amides is 1. The third-order valence-electron chi connectivity index (χ3n) is 5.45. The number of benzene rings is 1. The molecule has 0 radical (unpaired) electrons. The third-order valence-corrected chi connectivity index (χ3v) is 6.39. The standard InChI is InChI=1S/C20H23FN2O2S/c21-17-3-1-16(2-4-17)20(6-7-20)19(24)22-13-18(15-5-10-25-14-15)23-8-11-26-12-9-23/h1-5,10,14,18H,6-9,11-13H2,(H,22,24)/t18-/m0/s1. The zero-order valence-electron chi connectivity index (χ0n) is 14.6. The van der Waals surface area contributed by atoms with Gasteiger partial charge >= 0.3 is 0 Å². The van der Waals surface area contributed by atoms with Crippen LogP contribution in [0.5, 0.6) is 0 Å². The van der Waals surface area contributed by atoms with Crippen molar-refractivity contribution >= 4 is 17.7 Å². The third kappa shape index (κ3) is 3.53. The van der Waals surface area contributed by atoms with Gasteiger partial charge in [-0.15, -0.1) is 0 Å². The predicted molar refractivity (Wildman–Crippen MR) is 101 cm³/mol. The van der Waals surface area contributed by atoms with Gasteiger partial charge in [-0.3, -0.25) is 9.69 Å². The number of halogens is 1. The Morgan fingerprint density at radius 1 is 1.23 bits per heavy atom. The molecule has 2 aromatic rings. The molecular formula is C20H23FN2O2S. The van der Waals surface area contributed by atoms with E-state index in [0.29, 0.717) is 6.54 Å². The smallest absolute Gasteiger partial charge is 0.230 e. The number of nitrogens with zero attached hydrogens (tertiary/aromatic N) is 1. The average molecular weight is 374 g/mol. The minimum Gasteiger partial charge on any atom is -0.472 e. The van der Waals surface area contributed by atoms with E-state index < -0.39 is 5.41 Å². The van der Waals surface area contributed by atoms with E-state index in [9.17, 15) is 9.18 Å². The molecule has 0 spiro atoms. The van der Waals surface area contributed by atoms with Crippen LogP contribution in [0.2, 0.25) is 0 Å². The molecule has 138 valence electrons. The normalized spacial score (nSPS) is 20.5. The monoisotopic (exact) mass is 374 g/mol. The van der Waals surface area contributed by atoms with Gasteiger partial charge in [0.25, 0.3) is 0 Å². The van der Waals surface area contributed by atoms with Crippen LogP contribution in [-0.4, -0.2) is 41.9 Å². The number of hydrogen-bond donors (Lipinski definition) is 1. The van der Waals surface area contributed by atoms with Crippen LogP contribution in [0.15, 0.2) is 47.3 Å². The molecule has 1 aliphatic heterocycles. The zero-order chi connectivity index (χ0) is 18.0. The second-order valence-corrected chi connectivity index (χ2v) is 8.24. The summed E-state index contributed by atoms with van der Waals surface area (Å²) in [6.45, 7) is 2.59. The number of hydrogen-bond acceptors (Lipinski definition) is 4. The fraction of sp³-hybridized carbons (Fsp3) is 0.450. The minimum atomic E-state index is -0.480. The van der Waals surface area contributed by atoms with Gasteiger partial charge < -0.3 is 9.73 Å². The molecular weight excluding hydrogens is 351 g/mol. The molecule has 2 heterocycles. The first-order chi connectivity index (χ1) is 12.7. The topological polar surface area (TPSA) is 45.5 Å². The highest BCUT2D eigenvalue weighted by Gasteiger charge is 2.51. The van der Waals surface area contributed by atoms with Gasteiger partial charge in [-0.1, -0.05) is 12.1 Å². The van der Waals surface area contributed by atoms with Crippen molar-refractivity contribution in [3.63, 3.8) is 0 Å². The lowest BCUT2D eigenvalue weighted by atomic mass is 9.94. The SMILES string of the molecule is O=C(NC[C@@H](c1ccoc1)N1CCSCC1)C1(c2ccc(F)cc2)CC1. The second-order valence-electron chi connectivity index (χ2n) is 7.02. The molecule has 2 fully saturated rings. The first-order valence-electron chi connectivity index (χ1n) is 9.07. The highest BCUT2D eigenvalue weighted by Crippen LogP contribution is 2.48. The van der Waals surface area contributed by atoms with Crippen molar-refractivity contribution in [2.45, 2.75) is 24.3 Å². The second kappa shape index (κ2) is 7.45. The van der Waals surface area contributed by atoms with E-state index in [1.54, 1.807) is 24.7 Å². The summed E-state index contributed by atoms with van der Waals surface area (Å²) in [5.41, 5.74) is 1.53. The molecule has 26 heavy (non-hydrogen) atoms. The molecule has 1 amide bonds. The van der Waals surface area contributed by atoms with E-state index in [-0.39, 0.29) is 17.8 Å². The summed E-state index contributed by atoms with van der Waals surface area (Å²) in [7, 11) is 0. The minimum absolute atomic E-state index is 0.0454. The Bertz CT molecular complexity index is 738. The molecule has 4 rings (SSSR count). The lowest BCUT2D eigenvalue weighted by Crippen LogP contribution is -2.44. The summed E-state index contributed by atoms with van der Waals surface area (Å²) in [6, 6.07) is 8.44. The molecule has 1 atom stereocenters. The van der Waals surface area contributed by atoms with Crippen molar-refractivity contribution in [3.8, 4) is 0 Å². The first kappa shape index (κ1) is 17.6. The molecule has 4 nitrogen and oxygen atoms in total. The Hall–Kier alpha value is -1.79. The number of thioether (sulfide) groups is 1. The Labute approximate surface area is 157 Å². The lowest BCUT2D eigenvalue weighted by molar-refractivity contribution is -0.123. The summed E-state index contributed by atoms with van der Waals surface area (Å²) in [4.78, 5) is 15.3. The van der Waals surface area contributed by atoms with E-state index in [0.717, 1.165) is 48.6 Å². The Balaban J connectivity index is 1.45. The van der Waals surface area contributed by atoms with Crippen LogP contribution < -0.4 is 5.32 Å². The van der Waals surface area contributed by atoms with Crippen LogP contribution in [0.3, 0.4) is 0 Å². The van der Waals surface area contributed by atoms with E-state index >= 15 is 0 Å². The van der Waals surface area contributed by atoms with Crippen LogP contribution in [-0.2, 0) is 10.2 Å². The Morgan fingerprint density at radius 3 is 2.58 bits per heavy atom. The molecule has 6 heteroatoms. The Kier molecular flexibility index (Phi) is 5.05. The van der Waals surface area contributed by atoms with Crippen molar-refractivity contribution in [1.82, 2.24) is 10.2 Å². The van der Waals surface area contributed by atoms with Crippen LogP contribution >= 0.6 is 11.8 Å². The number of nitrogens with one attached hydrogen (secondary N) is 1. The molecule has 1 aromatic heterocycles. The maximum atomic E-state index is 13.2. The van der Waals surface area contributed by atoms with Crippen LogP contribution in [0.25, 0.3) is 0 Å². The van der Waals surface area contributed by atoms with Crippen molar-refractivity contribution in [3.05, 3.63) is 59.8 Å². The fourth-order valence-electron chi connectivity index (χ4n) is 3.71. The summed E-state index contributed by atoms with van der Waals surface area (Å²) >= 11 is 1.97. The van der Waals surface area contributed by atoms with Crippen molar-refractivity contribution in [1.29, 1.82) is 0 Å². The molecule has 1 saturated heterocycles. The van der Waals surface area contributed by atoms with Crippen LogP contribution in [0.1, 0.15) is 30.0 Å². The summed E-state index contributed by atoms with van der Waals surface area (Å²) in [5.74, 6) is 2.00. The van der Waals surface area contributed by atoms with Gasteiger partial charge in [0.1, 0.15) is 5.82 Å². The van der Waals surface area contributed by atoms with Gasteiger partial charge in [-0.05, 0) is 36.6 Å². The van der Waals surface area contributed by atoms with E-state index in [4.69, 9.17) is 4.42 Å². The lowest BCUT2D eigenvalue weighted by Gasteiger charge is -2.34. The molecule has 2 aliphatic rings. The summed E-state index contributed by atoms with van der Waals surface area (Å²) < 4.78 is 18.5. The number of carbonyl (C=O) groups excluding carboxylic acids is 1. The zero-order valence-corrected chi connectivity index (χ0v) is 15.4. The van der Waals surface area contributed by atoms with Gasteiger partial charge in [0.05, 0.1) is 24.0 Å². The number of carbonyl (C=O) groups is 1.